The molecule has 0 bridgehead atoms. The van der Waals surface area contributed by atoms with E-state index in [-0.39, 0.29) is 12.4 Å². The molecule has 0 unspecified atom stereocenters. The molecule has 0 aliphatic heterocycles. The van der Waals surface area contributed by atoms with E-state index in [1.807, 2.05) is 0 Å². The molecule has 0 aliphatic rings. The van der Waals surface area contributed by atoms with Gasteiger partial charge < -0.3 is 15.3 Å². The first-order valence-electron chi connectivity index (χ1n) is 6.02. The molecular formula is C13H17FN2O3. The average molecular weight is 268 g/mol. The van der Waals surface area contributed by atoms with Crippen LogP contribution in [0.1, 0.15) is 12.5 Å². The van der Waals surface area contributed by atoms with Gasteiger partial charge in [-0.3, -0.25) is 4.79 Å². The van der Waals surface area contributed by atoms with Crippen molar-refractivity contribution in [3.63, 3.8) is 0 Å². The largest absolute Gasteiger partial charge is 0.480 e. The Hall–Kier alpha value is -2.11. The second kappa shape index (κ2) is 7.35. The second-order valence-corrected chi connectivity index (χ2v) is 4.02. The van der Waals surface area contributed by atoms with Crippen LogP contribution < -0.4 is 5.32 Å². The standard InChI is InChI=1S/C13H17FN2O3/c1-2-16(9-12(17)18)13(19)15-7-6-10-4-3-5-11(14)8-10/h3-5,8H,2,6-7,9H2,1H3,(H,15,19)(H,17,18). The average Bonchev–Trinajstić information content (AvgIpc) is 2.35. The van der Waals surface area contributed by atoms with Gasteiger partial charge in [-0.25, -0.2) is 9.18 Å². The minimum Gasteiger partial charge on any atom is -0.480 e. The van der Waals surface area contributed by atoms with Gasteiger partial charge >= 0.3 is 12.0 Å². The summed E-state index contributed by atoms with van der Waals surface area (Å²) < 4.78 is 12.9. The van der Waals surface area contributed by atoms with E-state index in [0.29, 0.717) is 19.5 Å². The maximum absolute atomic E-state index is 12.9. The minimum absolute atomic E-state index is 0.315. The Balaban J connectivity index is 2.39. The molecule has 0 atom stereocenters. The quantitative estimate of drug-likeness (QED) is 0.821. The summed E-state index contributed by atoms with van der Waals surface area (Å²) in [5.41, 5.74) is 0.779. The Morgan fingerprint density at radius 2 is 2.16 bits per heavy atom. The molecule has 1 aromatic carbocycles. The van der Waals surface area contributed by atoms with Crippen molar-refractivity contribution in [1.82, 2.24) is 10.2 Å². The molecule has 0 radical (unpaired) electrons. The van der Waals surface area contributed by atoms with Crippen LogP contribution in [0.25, 0.3) is 0 Å². The van der Waals surface area contributed by atoms with Crippen molar-refractivity contribution in [2.24, 2.45) is 0 Å². The normalized spacial score (nSPS) is 10.0. The highest BCUT2D eigenvalue weighted by Crippen LogP contribution is 2.03. The molecule has 0 aromatic heterocycles. The third-order valence-electron chi connectivity index (χ3n) is 2.57. The van der Waals surface area contributed by atoms with E-state index in [0.717, 1.165) is 5.56 Å². The van der Waals surface area contributed by atoms with Gasteiger partial charge in [0.05, 0.1) is 0 Å². The Morgan fingerprint density at radius 3 is 2.74 bits per heavy atom. The molecule has 0 saturated carbocycles. The Kier molecular flexibility index (Phi) is 5.78. The summed E-state index contributed by atoms with van der Waals surface area (Å²) in [6, 6.07) is 5.70. The lowest BCUT2D eigenvalue weighted by Gasteiger charge is -2.19. The van der Waals surface area contributed by atoms with Gasteiger partial charge in [-0.05, 0) is 31.0 Å². The molecule has 19 heavy (non-hydrogen) atoms. The number of urea groups is 1. The number of benzene rings is 1. The van der Waals surface area contributed by atoms with Crippen molar-refractivity contribution in [2.75, 3.05) is 19.6 Å². The molecule has 2 N–H and O–H groups in total. The van der Waals surface area contributed by atoms with Crippen LogP contribution in [0.15, 0.2) is 24.3 Å². The number of carbonyl (C=O) groups is 2. The zero-order valence-electron chi connectivity index (χ0n) is 10.7. The number of aliphatic carboxylic acids is 1. The van der Waals surface area contributed by atoms with E-state index in [2.05, 4.69) is 5.32 Å². The van der Waals surface area contributed by atoms with E-state index < -0.39 is 12.0 Å². The predicted octanol–water partition coefficient (Wildman–Crippen LogP) is 1.48. The Bertz CT molecular complexity index is 451. The second-order valence-electron chi connectivity index (χ2n) is 4.02. The van der Waals surface area contributed by atoms with Crippen molar-refractivity contribution in [3.8, 4) is 0 Å². The first kappa shape index (κ1) is 14.9. The summed E-state index contributed by atoms with van der Waals surface area (Å²) in [5.74, 6) is -1.37. The zero-order chi connectivity index (χ0) is 14.3. The number of carbonyl (C=O) groups excluding carboxylic acids is 1. The number of rotatable bonds is 6. The number of hydrogen-bond donors (Lipinski definition) is 2. The van der Waals surface area contributed by atoms with Gasteiger partial charge in [-0.1, -0.05) is 12.1 Å². The SMILES string of the molecule is CCN(CC(=O)O)C(=O)NCCc1cccc(F)c1. The molecule has 2 amide bonds. The monoisotopic (exact) mass is 268 g/mol. The van der Waals surface area contributed by atoms with Crippen molar-refractivity contribution < 1.29 is 19.1 Å². The molecular weight excluding hydrogens is 251 g/mol. The fourth-order valence-electron chi connectivity index (χ4n) is 1.61. The van der Waals surface area contributed by atoms with Crippen molar-refractivity contribution in [3.05, 3.63) is 35.6 Å². The number of halogens is 1. The van der Waals surface area contributed by atoms with Gasteiger partial charge in [-0.15, -0.1) is 0 Å². The van der Waals surface area contributed by atoms with Gasteiger partial charge in [-0.2, -0.15) is 0 Å². The lowest BCUT2D eigenvalue weighted by molar-refractivity contribution is -0.137. The molecule has 1 aromatic rings. The Labute approximate surface area is 111 Å². The van der Waals surface area contributed by atoms with Gasteiger partial charge in [0.1, 0.15) is 12.4 Å². The number of nitrogens with one attached hydrogen (secondary N) is 1. The van der Waals surface area contributed by atoms with Crippen LogP contribution >= 0.6 is 0 Å². The van der Waals surface area contributed by atoms with Crippen LogP contribution in [-0.4, -0.2) is 41.6 Å². The fourth-order valence-corrected chi connectivity index (χ4v) is 1.61. The van der Waals surface area contributed by atoms with E-state index in [9.17, 15) is 14.0 Å². The van der Waals surface area contributed by atoms with Gasteiger partial charge in [0.2, 0.25) is 0 Å². The molecule has 5 nitrogen and oxygen atoms in total. The third-order valence-corrected chi connectivity index (χ3v) is 2.57. The lowest BCUT2D eigenvalue weighted by Crippen LogP contribution is -2.43. The summed E-state index contributed by atoms with van der Waals surface area (Å²) >= 11 is 0. The van der Waals surface area contributed by atoms with Gasteiger partial charge in [0, 0.05) is 13.1 Å². The first-order valence-corrected chi connectivity index (χ1v) is 6.02. The zero-order valence-corrected chi connectivity index (χ0v) is 10.7. The summed E-state index contributed by atoms with van der Waals surface area (Å²) in [7, 11) is 0. The van der Waals surface area contributed by atoms with Crippen LogP contribution in [0.5, 0.6) is 0 Å². The highest BCUT2D eigenvalue weighted by atomic mass is 19.1. The topological polar surface area (TPSA) is 69.6 Å². The van der Waals surface area contributed by atoms with Gasteiger partial charge in [0.25, 0.3) is 0 Å². The highest BCUT2D eigenvalue weighted by Gasteiger charge is 2.13. The molecule has 6 heteroatoms. The smallest absolute Gasteiger partial charge is 0.323 e. The summed E-state index contributed by atoms with van der Waals surface area (Å²) in [6.07, 6.45) is 0.494. The number of carboxylic acids is 1. The molecule has 0 fully saturated rings. The first-order chi connectivity index (χ1) is 9.02. The number of amides is 2. The predicted molar refractivity (Wildman–Crippen MR) is 68.4 cm³/mol. The van der Waals surface area contributed by atoms with Crippen molar-refractivity contribution >= 4 is 12.0 Å². The van der Waals surface area contributed by atoms with Crippen LogP contribution in [0.2, 0.25) is 0 Å². The molecule has 1 rings (SSSR count). The molecule has 0 saturated heterocycles. The molecule has 104 valence electrons. The maximum Gasteiger partial charge on any atom is 0.323 e. The summed E-state index contributed by atoms with van der Waals surface area (Å²) in [5, 5.41) is 11.2. The summed E-state index contributed by atoms with van der Waals surface area (Å²) in [4.78, 5) is 23.4. The number of carboxylic acid groups (broad SMARTS) is 1. The van der Waals surface area contributed by atoms with E-state index in [4.69, 9.17) is 5.11 Å². The fraction of sp³-hybridized carbons (Fsp3) is 0.385. The van der Waals surface area contributed by atoms with Crippen LogP contribution in [0.4, 0.5) is 9.18 Å². The van der Waals surface area contributed by atoms with Gasteiger partial charge in [0.15, 0.2) is 0 Å². The summed E-state index contributed by atoms with van der Waals surface area (Å²) in [6.45, 7) is 2.02. The van der Waals surface area contributed by atoms with E-state index >= 15 is 0 Å². The highest BCUT2D eigenvalue weighted by molar-refractivity contribution is 5.80. The van der Waals surface area contributed by atoms with Crippen LogP contribution in [0.3, 0.4) is 0 Å². The number of hydrogen-bond acceptors (Lipinski definition) is 2. The molecule has 0 spiro atoms. The van der Waals surface area contributed by atoms with Crippen LogP contribution in [-0.2, 0) is 11.2 Å². The van der Waals surface area contributed by atoms with E-state index in [1.54, 1.807) is 19.1 Å². The number of likely N-dealkylation sites (N-methyl/N-ethyl adjacent to an activating group) is 1. The van der Waals surface area contributed by atoms with Crippen LogP contribution in [0, 0.1) is 5.82 Å². The third kappa shape index (κ3) is 5.37. The number of nitrogens with zero attached hydrogens (tertiary/aromatic N) is 1. The van der Waals surface area contributed by atoms with Crippen molar-refractivity contribution in [1.29, 1.82) is 0 Å². The maximum atomic E-state index is 12.9. The van der Waals surface area contributed by atoms with Crippen molar-refractivity contribution in [2.45, 2.75) is 13.3 Å². The molecule has 0 heterocycles. The lowest BCUT2D eigenvalue weighted by atomic mass is 10.1. The molecule has 0 aliphatic carbocycles. The Morgan fingerprint density at radius 1 is 1.42 bits per heavy atom. The minimum atomic E-state index is -1.05. The van der Waals surface area contributed by atoms with E-state index in [1.165, 1.54) is 17.0 Å².